The fourth-order valence-corrected chi connectivity index (χ4v) is 6.45. The highest BCUT2D eigenvalue weighted by molar-refractivity contribution is 8.00. The summed E-state index contributed by atoms with van der Waals surface area (Å²) in [7, 11) is -1.74. The van der Waals surface area contributed by atoms with E-state index in [4.69, 9.17) is 0 Å². The van der Waals surface area contributed by atoms with Gasteiger partial charge in [0.15, 0.2) is 8.24 Å². The zero-order valence-electron chi connectivity index (χ0n) is 12.4. The first kappa shape index (κ1) is 14.7. The van der Waals surface area contributed by atoms with Crippen LogP contribution >= 0.6 is 11.8 Å². The molecule has 1 aliphatic rings. The molecule has 1 amide bonds. The van der Waals surface area contributed by atoms with E-state index in [-0.39, 0.29) is 5.04 Å². The largest absolute Gasteiger partial charge is 0.357 e. The van der Waals surface area contributed by atoms with E-state index in [9.17, 15) is 4.79 Å². The minimum absolute atomic E-state index is 0.207. The molecule has 0 bridgehead atoms. The summed E-state index contributed by atoms with van der Waals surface area (Å²) in [6, 6.07) is 10.4. The third-order valence-corrected chi connectivity index (χ3v) is 11.2. The molecule has 1 heterocycles. The Balaban J connectivity index is 2.15. The average molecular weight is 294 g/mol. The lowest BCUT2D eigenvalue weighted by Gasteiger charge is -2.54. The van der Waals surface area contributed by atoms with Gasteiger partial charge in [0.25, 0.3) is 0 Å². The van der Waals surface area contributed by atoms with Crippen LogP contribution in [-0.2, 0) is 4.79 Å². The Bertz CT molecular complexity index is 467. The smallest absolute Gasteiger partial charge is 0.218 e. The maximum atomic E-state index is 12.1. The Morgan fingerprint density at radius 1 is 1.21 bits per heavy atom. The van der Waals surface area contributed by atoms with Gasteiger partial charge < -0.3 is 4.57 Å². The number of β-lactam (4-membered cyclic amide) rings is 1. The molecule has 19 heavy (non-hydrogen) atoms. The Morgan fingerprint density at radius 3 is 2.26 bits per heavy atom. The Labute approximate surface area is 121 Å². The number of rotatable bonds is 3. The quantitative estimate of drug-likeness (QED) is 0.610. The second-order valence-electron chi connectivity index (χ2n) is 6.66. The van der Waals surface area contributed by atoms with Crippen LogP contribution < -0.4 is 0 Å². The van der Waals surface area contributed by atoms with E-state index in [1.54, 1.807) is 0 Å². The molecule has 0 N–H and O–H groups in total. The minimum Gasteiger partial charge on any atom is -0.357 e. The normalized spacial score (nSPS) is 20.4. The van der Waals surface area contributed by atoms with Crippen LogP contribution in [0.2, 0.25) is 18.1 Å². The molecule has 1 aromatic rings. The van der Waals surface area contributed by atoms with Crippen molar-refractivity contribution < 1.29 is 4.79 Å². The number of carbonyl (C=O) groups excluding carboxylic acids is 1. The first-order chi connectivity index (χ1) is 8.73. The van der Waals surface area contributed by atoms with Gasteiger partial charge in [0.1, 0.15) is 0 Å². The van der Waals surface area contributed by atoms with Crippen LogP contribution in [0, 0.1) is 0 Å². The molecular formula is C15H23NOSSi. The van der Waals surface area contributed by atoms with E-state index < -0.39 is 8.24 Å². The molecule has 0 radical (unpaired) electrons. The average Bonchev–Trinajstić information content (AvgIpc) is 2.27. The van der Waals surface area contributed by atoms with Crippen molar-refractivity contribution in [2.75, 3.05) is 0 Å². The van der Waals surface area contributed by atoms with Gasteiger partial charge in [0.2, 0.25) is 5.91 Å². The zero-order valence-corrected chi connectivity index (χ0v) is 14.3. The summed E-state index contributed by atoms with van der Waals surface area (Å²) < 4.78 is 2.20. The number of benzene rings is 1. The fraction of sp³-hybridized carbons (Fsp3) is 0.533. The van der Waals surface area contributed by atoms with Crippen LogP contribution in [0.1, 0.15) is 27.2 Å². The lowest BCUT2D eigenvalue weighted by Crippen LogP contribution is -2.67. The van der Waals surface area contributed by atoms with Gasteiger partial charge in [-0.2, -0.15) is 0 Å². The van der Waals surface area contributed by atoms with Crippen LogP contribution in [-0.4, -0.2) is 24.1 Å². The van der Waals surface area contributed by atoms with Crippen molar-refractivity contribution in [3.63, 3.8) is 0 Å². The van der Waals surface area contributed by atoms with E-state index in [2.05, 4.69) is 62.7 Å². The van der Waals surface area contributed by atoms with Gasteiger partial charge in [-0.1, -0.05) is 52.1 Å². The molecular weight excluding hydrogens is 270 g/mol. The predicted octanol–water partition coefficient (Wildman–Crippen LogP) is 4.34. The number of amides is 1. The van der Waals surface area contributed by atoms with Crippen LogP contribution in [0.5, 0.6) is 0 Å². The van der Waals surface area contributed by atoms with Crippen molar-refractivity contribution in [2.24, 2.45) is 0 Å². The molecule has 104 valence electrons. The highest BCUT2D eigenvalue weighted by Gasteiger charge is 2.51. The fourth-order valence-electron chi connectivity index (χ4n) is 2.17. The topological polar surface area (TPSA) is 20.3 Å². The van der Waals surface area contributed by atoms with Crippen molar-refractivity contribution in [2.45, 2.75) is 55.6 Å². The van der Waals surface area contributed by atoms with E-state index in [1.807, 2.05) is 17.8 Å². The summed E-state index contributed by atoms with van der Waals surface area (Å²) in [5.74, 6) is 0.333. The Kier molecular flexibility index (Phi) is 3.84. The van der Waals surface area contributed by atoms with Gasteiger partial charge in [-0.25, -0.2) is 0 Å². The summed E-state index contributed by atoms with van der Waals surface area (Å²) >= 11 is 1.83. The van der Waals surface area contributed by atoms with Crippen LogP contribution in [0.25, 0.3) is 0 Å². The standard InChI is InChI=1S/C15H23NOSSi/c1-15(2,3)19(4,5)16-13(17)11-14(16)18-12-9-7-6-8-10-12/h6-10,14H,11H2,1-5H3. The second-order valence-corrected chi connectivity index (χ2v) is 13.0. The molecule has 0 aromatic heterocycles. The van der Waals surface area contributed by atoms with E-state index in [0.717, 1.165) is 0 Å². The van der Waals surface area contributed by atoms with E-state index in [1.165, 1.54) is 4.90 Å². The Hall–Kier alpha value is -0.743. The SMILES string of the molecule is CC(C)(C)[Si](C)(C)N1C(=O)CC1Sc1ccccc1. The van der Waals surface area contributed by atoms with Gasteiger partial charge in [0, 0.05) is 4.90 Å². The van der Waals surface area contributed by atoms with Crippen LogP contribution in [0.15, 0.2) is 35.2 Å². The van der Waals surface area contributed by atoms with Crippen LogP contribution in [0.4, 0.5) is 0 Å². The summed E-state index contributed by atoms with van der Waals surface area (Å²) in [6.45, 7) is 11.4. The number of nitrogens with zero attached hydrogens (tertiary/aromatic N) is 1. The van der Waals surface area contributed by atoms with Gasteiger partial charge in [-0.15, -0.1) is 11.8 Å². The minimum atomic E-state index is -1.74. The Morgan fingerprint density at radius 2 is 1.79 bits per heavy atom. The summed E-state index contributed by atoms with van der Waals surface area (Å²) in [5, 5.41) is 0.536. The van der Waals surface area contributed by atoms with Crippen molar-refractivity contribution >= 4 is 25.9 Å². The van der Waals surface area contributed by atoms with Gasteiger partial charge in [-0.3, -0.25) is 4.79 Å². The monoisotopic (exact) mass is 293 g/mol. The first-order valence-electron chi connectivity index (χ1n) is 6.77. The van der Waals surface area contributed by atoms with Gasteiger partial charge >= 0.3 is 0 Å². The first-order valence-corrected chi connectivity index (χ1v) is 10.6. The second kappa shape index (κ2) is 4.98. The lowest BCUT2D eigenvalue weighted by atomic mass is 10.2. The lowest BCUT2D eigenvalue weighted by molar-refractivity contribution is -0.135. The number of thioether (sulfide) groups is 1. The highest BCUT2D eigenvalue weighted by atomic mass is 32.2. The van der Waals surface area contributed by atoms with Crippen molar-refractivity contribution in [1.82, 2.24) is 4.57 Å². The molecule has 1 unspecified atom stereocenters. The molecule has 0 saturated carbocycles. The highest BCUT2D eigenvalue weighted by Crippen LogP contribution is 2.46. The molecule has 1 saturated heterocycles. The molecule has 2 rings (SSSR count). The number of hydrogen-bond donors (Lipinski definition) is 0. The third-order valence-electron chi connectivity index (χ3n) is 4.36. The maximum Gasteiger partial charge on any atom is 0.218 e. The van der Waals surface area contributed by atoms with E-state index >= 15 is 0 Å². The number of hydrogen-bond acceptors (Lipinski definition) is 2. The van der Waals surface area contributed by atoms with Crippen molar-refractivity contribution in [3.8, 4) is 0 Å². The zero-order chi connectivity index (χ0) is 14.3. The van der Waals surface area contributed by atoms with Crippen molar-refractivity contribution in [1.29, 1.82) is 0 Å². The molecule has 1 atom stereocenters. The summed E-state index contributed by atoms with van der Waals surface area (Å²) in [4.78, 5) is 13.3. The third kappa shape index (κ3) is 2.74. The molecule has 2 nitrogen and oxygen atoms in total. The molecule has 1 fully saturated rings. The van der Waals surface area contributed by atoms with E-state index in [0.29, 0.717) is 17.7 Å². The molecule has 0 spiro atoms. The summed E-state index contributed by atoms with van der Waals surface area (Å²) in [5.41, 5.74) is 0. The van der Waals surface area contributed by atoms with Gasteiger partial charge in [0.05, 0.1) is 11.8 Å². The van der Waals surface area contributed by atoms with Crippen LogP contribution in [0.3, 0.4) is 0 Å². The molecule has 0 aliphatic carbocycles. The number of carbonyl (C=O) groups is 1. The van der Waals surface area contributed by atoms with Crippen molar-refractivity contribution in [3.05, 3.63) is 30.3 Å². The predicted molar refractivity (Wildman–Crippen MR) is 84.7 cm³/mol. The van der Waals surface area contributed by atoms with Gasteiger partial charge in [-0.05, 0) is 17.2 Å². The molecule has 1 aliphatic heterocycles. The maximum absolute atomic E-state index is 12.1. The molecule has 4 heteroatoms. The molecule has 1 aromatic carbocycles. The summed E-state index contributed by atoms with van der Waals surface area (Å²) in [6.07, 6.45) is 0.687.